The lowest BCUT2D eigenvalue weighted by atomic mass is 9.68. The van der Waals surface area contributed by atoms with Crippen LogP contribution in [0.1, 0.15) is 56.5 Å². The van der Waals surface area contributed by atoms with Gasteiger partial charge in [0, 0.05) is 43.4 Å². The molecule has 1 saturated heterocycles. The van der Waals surface area contributed by atoms with E-state index >= 15 is 0 Å². The smallest absolute Gasteiger partial charge is 0.122 e. The van der Waals surface area contributed by atoms with Crippen LogP contribution in [0.2, 0.25) is 0 Å². The van der Waals surface area contributed by atoms with Crippen LogP contribution in [0.4, 0.5) is 0 Å². The van der Waals surface area contributed by atoms with Crippen molar-refractivity contribution in [2.24, 2.45) is 7.05 Å². The Bertz CT molecular complexity index is 708. The highest BCUT2D eigenvalue weighted by molar-refractivity contribution is 5.20. The maximum Gasteiger partial charge on any atom is 0.122 e. The molecule has 0 bridgehead atoms. The largest absolute Gasteiger partial charge is 0.375 e. The molecule has 5 nitrogen and oxygen atoms in total. The Morgan fingerprint density at radius 2 is 2.04 bits per heavy atom. The number of aromatic nitrogens is 3. The molecule has 1 atom stereocenters. The second-order valence-corrected chi connectivity index (χ2v) is 8.04. The average Bonchev–Trinajstić information content (AvgIpc) is 3.29. The van der Waals surface area contributed by atoms with Gasteiger partial charge in [0.2, 0.25) is 0 Å². The highest BCUT2D eigenvalue weighted by Crippen LogP contribution is 2.49. The number of imidazole rings is 1. The van der Waals surface area contributed by atoms with Gasteiger partial charge in [0.05, 0.1) is 12.1 Å². The van der Waals surface area contributed by atoms with Gasteiger partial charge in [0.25, 0.3) is 0 Å². The number of hydrogen-bond acceptors (Lipinski definition) is 4. The van der Waals surface area contributed by atoms with E-state index < -0.39 is 0 Å². The van der Waals surface area contributed by atoms with Gasteiger partial charge in [0.15, 0.2) is 0 Å². The molecule has 0 radical (unpaired) electrons. The number of ether oxygens (including phenoxy) is 1. The van der Waals surface area contributed by atoms with Crippen molar-refractivity contribution >= 4 is 0 Å². The minimum Gasteiger partial charge on any atom is -0.375 e. The molecule has 2 aromatic heterocycles. The molecule has 0 amide bonds. The van der Waals surface area contributed by atoms with Gasteiger partial charge in [-0.1, -0.05) is 18.9 Å². The summed E-state index contributed by atoms with van der Waals surface area (Å²) < 4.78 is 8.40. The van der Waals surface area contributed by atoms with Crippen LogP contribution in [0, 0.1) is 0 Å². The van der Waals surface area contributed by atoms with Crippen LogP contribution in [0.25, 0.3) is 0 Å². The highest BCUT2D eigenvalue weighted by Gasteiger charge is 2.48. The van der Waals surface area contributed by atoms with E-state index in [0.717, 1.165) is 44.8 Å². The normalized spacial score (nSPS) is 25.0. The van der Waals surface area contributed by atoms with E-state index in [4.69, 9.17) is 9.72 Å². The molecule has 5 heteroatoms. The molecule has 1 N–H and O–H groups in total. The number of aryl methyl sites for hydroxylation is 1. The van der Waals surface area contributed by atoms with Gasteiger partial charge < -0.3 is 14.6 Å². The molecule has 1 aliphatic carbocycles. The monoisotopic (exact) mass is 354 g/mol. The average molecular weight is 354 g/mol. The SMILES string of the molecule is Cn1ccnc1CNCCC1(c2ccccn2)CCOC2(CCCC2)C1. The van der Waals surface area contributed by atoms with Gasteiger partial charge >= 0.3 is 0 Å². The second-order valence-electron chi connectivity index (χ2n) is 8.04. The molecule has 1 spiro atoms. The van der Waals surface area contributed by atoms with E-state index in [1.54, 1.807) is 0 Å². The molecule has 0 aromatic carbocycles. The summed E-state index contributed by atoms with van der Waals surface area (Å²) >= 11 is 0. The topological polar surface area (TPSA) is 52.0 Å². The molecule has 2 aliphatic rings. The third kappa shape index (κ3) is 3.55. The van der Waals surface area contributed by atoms with Gasteiger partial charge in [-0.3, -0.25) is 4.98 Å². The third-order valence-electron chi connectivity index (χ3n) is 6.36. The zero-order chi connectivity index (χ0) is 17.9. The summed E-state index contributed by atoms with van der Waals surface area (Å²) in [4.78, 5) is 9.17. The molecular weight excluding hydrogens is 324 g/mol. The summed E-state index contributed by atoms with van der Waals surface area (Å²) in [5, 5.41) is 3.60. The lowest BCUT2D eigenvalue weighted by Gasteiger charge is -2.46. The molecule has 4 rings (SSSR count). The quantitative estimate of drug-likeness (QED) is 0.808. The summed E-state index contributed by atoms with van der Waals surface area (Å²) in [6, 6.07) is 6.36. The Labute approximate surface area is 156 Å². The Hall–Kier alpha value is -1.72. The fourth-order valence-electron chi connectivity index (χ4n) is 4.89. The first-order valence-electron chi connectivity index (χ1n) is 9.94. The summed E-state index contributed by atoms with van der Waals surface area (Å²) in [6.45, 7) is 2.64. The van der Waals surface area contributed by atoms with E-state index in [-0.39, 0.29) is 11.0 Å². The van der Waals surface area contributed by atoms with Crippen LogP contribution in [-0.4, -0.2) is 33.3 Å². The molecule has 26 heavy (non-hydrogen) atoms. The van der Waals surface area contributed by atoms with Gasteiger partial charge in [-0.05, 0) is 50.8 Å². The van der Waals surface area contributed by atoms with Crippen molar-refractivity contribution in [3.05, 3.63) is 48.3 Å². The van der Waals surface area contributed by atoms with Crippen LogP contribution in [-0.2, 0) is 23.7 Å². The van der Waals surface area contributed by atoms with E-state index in [1.165, 1.54) is 31.4 Å². The van der Waals surface area contributed by atoms with Gasteiger partial charge in [-0.15, -0.1) is 0 Å². The fourth-order valence-corrected chi connectivity index (χ4v) is 4.89. The zero-order valence-electron chi connectivity index (χ0n) is 15.8. The second kappa shape index (κ2) is 7.49. The number of rotatable bonds is 6. The zero-order valence-corrected chi connectivity index (χ0v) is 15.8. The molecule has 1 saturated carbocycles. The van der Waals surface area contributed by atoms with Crippen LogP contribution >= 0.6 is 0 Å². The predicted octanol–water partition coefficient (Wildman–Crippen LogP) is 3.36. The van der Waals surface area contributed by atoms with Gasteiger partial charge in [-0.25, -0.2) is 4.98 Å². The van der Waals surface area contributed by atoms with Crippen molar-refractivity contribution < 1.29 is 4.74 Å². The Morgan fingerprint density at radius 3 is 2.77 bits per heavy atom. The molecule has 2 aromatic rings. The van der Waals surface area contributed by atoms with Gasteiger partial charge in [-0.2, -0.15) is 0 Å². The Balaban J connectivity index is 1.47. The van der Waals surface area contributed by atoms with Gasteiger partial charge in [0.1, 0.15) is 5.82 Å². The van der Waals surface area contributed by atoms with Crippen molar-refractivity contribution in [3.63, 3.8) is 0 Å². The van der Waals surface area contributed by atoms with E-state index in [2.05, 4.69) is 27.0 Å². The fraction of sp³-hybridized carbons (Fsp3) is 0.619. The summed E-state index contributed by atoms with van der Waals surface area (Å²) in [7, 11) is 2.04. The molecular formula is C21H30N4O. The Morgan fingerprint density at radius 1 is 1.15 bits per heavy atom. The minimum atomic E-state index is 0.0927. The third-order valence-corrected chi connectivity index (χ3v) is 6.36. The lowest BCUT2D eigenvalue weighted by molar-refractivity contribution is -0.104. The number of hydrogen-bond donors (Lipinski definition) is 1. The van der Waals surface area contributed by atoms with Crippen molar-refractivity contribution in [1.82, 2.24) is 19.9 Å². The van der Waals surface area contributed by atoms with Crippen LogP contribution in [0.3, 0.4) is 0 Å². The highest BCUT2D eigenvalue weighted by atomic mass is 16.5. The first-order chi connectivity index (χ1) is 12.7. The standard InChI is InChI=1S/C21H30N4O/c1-25-14-13-24-19(25)16-22-12-9-20(18-6-2-5-11-23-18)10-15-26-21(17-20)7-3-4-8-21/h2,5-6,11,13-14,22H,3-4,7-10,12,15-17H2,1H3. The van der Waals surface area contributed by atoms with Crippen molar-refractivity contribution in [2.75, 3.05) is 13.2 Å². The first-order valence-corrected chi connectivity index (χ1v) is 9.94. The summed E-state index contributed by atoms with van der Waals surface area (Å²) in [5.74, 6) is 1.08. The lowest BCUT2D eigenvalue weighted by Crippen LogP contribution is -2.47. The van der Waals surface area contributed by atoms with Crippen molar-refractivity contribution in [3.8, 4) is 0 Å². The van der Waals surface area contributed by atoms with E-state index in [0.29, 0.717) is 0 Å². The maximum absolute atomic E-state index is 6.32. The minimum absolute atomic E-state index is 0.0927. The first kappa shape index (κ1) is 17.7. The van der Waals surface area contributed by atoms with Crippen LogP contribution < -0.4 is 5.32 Å². The molecule has 1 aliphatic heterocycles. The maximum atomic E-state index is 6.32. The van der Waals surface area contributed by atoms with Crippen molar-refractivity contribution in [1.29, 1.82) is 0 Å². The number of nitrogens with zero attached hydrogens (tertiary/aromatic N) is 3. The molecule has 2 fully saturated rings. The van der Waals surface area contributed by atoms with Crippen molar-refractivity contribution in [2.45, 2.75) is 62.5 Å². The molecule has 140 valence electrons. The summed E-state index contributed by atoms with van der Waals surface area (Å²) in [6.07, 6.45) is 14.1. The number of nitrogens with one attached hydrogen (secondary N) is 1. The predicted molar refractivity (Wildman–Crippen MR) is 102 cm³/mol. The summed E-state index contributed by atoms with van der Waals surface area (Å²) in [5.41, 5.74) is 1.46. The Kier molecular flexibility index (Phi) is 5.09. The van der Waals surface area contributed by atoms with Crippen LogP contribution in [0.5, 0.6) is 0 Å². The number of pyridine rings is 1. The molecule has 1 unspecified atom stereocenters. The molecule has 3 heterocycles. The van der Waals surface area contributed by atoms with E-state index in [1.807, 2.05) is 31.7 Å². The van der Waals surface area contributed by atoms with E-state index in [9.17, 15) is 0 Å². The van der Waals surface area contributed by atoms with Crippen LogP contribution in [0.15, 0.2) is 36.8 Å².